The molecule has 5 N–H and O–H groups in total. The molecule has 0 amide bonds. The summed E-state index contributed by atoms with van der Waals surface area (Å²) >= 11 is 0. The highest BCUT2D eigenvalue weighted by atomic mass is 19.1. The first-order valence-corrected chi connectivity index (χ1v) is 9.04. The number of H-pyrrole nitrogens is 2. The van der Waals surface area contributed by atoms with E-state index in [9.17, 15) is 24.2 Å². The van der Waals surface area contributed by atoms with E-state index in [0.717, 1.165) is 17.8 Å². The molecule has 0 fully saturated rings. The number of carboxylic acid groups (broad SMARTS) is 1. The number of hydrogen-bond donors (Lipinski definition) is 5. The molecule has 0 atom stereocenters. The molecule has 0 radical (unpaired) electrons. The first kappa shape index (κ1) is 19.6. The van der Waals surface area contributed by atoms with E-state index < -0.39 is 29.5 Å². The molecule has 0 aliphatic heterocycles. The largest absolute Gasteiger partial charge is 0.506 e. The van der Waals surface area contributed by atoms with Crippen molar-refractivity contribution in [2.24, 2.45) is 0 Å². The van der Waals surface area contributed by atoms with Crippen LogP contribution in [0.1, 0.15) is 41.0 Å². The molecule has 0 saturated heterocycles. The van der Waals surface area contributed by atoms with Crippen LogP contribution < -0.4 is 10.9 Å². The number of pyridine rings is 1. The van der Waals surface area contributed by atoms with Gasteiger partial charge in [0, 0.05) is 34.3 Å². The van der Waals surface area contributed by atoms with Crippen LogP contribution in [0.4, 0.5) is 4.39 Å². The highest BCUT2D eigenvalue weighted by Gasteiger charge is 2.22. The molecule has 148 valence electrons. The minimum atomic E-state index is -1.49. The SMILES string of the molecule is CCNCc1[nH]c2ccc(-c3[nH]c(=O)c(C(=O)O)c(O)c3CC)cc2c1CF. The quantitative estimate of drug-likeness (QED) is 0.427. The van der Waals surface area contributed by atoms with Crippen LogP contribution in [0, 0.1) is 0 Å². The number of carboxylic acids is 1. The van der Waals surface area contributed by atoms with Gasteiger partial charge in [-0.1, -0.05) is 19.9 Å². The van der Waals surface area contributed by atoms with E-state index in [1.807, 2.05) is 6.92 Å². The number of alkyl halides is 1. The minimum absolute atomic E-state index is 0.311. The lowest BCUT2D eigenvalue weighted by Crippen LogP contribution is -2.20. The molecule has 8 heteroatoms. The van der Waals surface area contributed by atoms with Crippen LogP contribution in [0.15, 0.2) is 23.0 Å². The second kappa shape index (κ2) is 7.85. The Hall–Kier alpha value is -3.13. The summed E-state index contributed by atoms with van der Waals surface area (Å²) in [6.45, 7) is 4.32. The molecule has 7 nitrogen and oxygen atoms in total. The van der Waals surface area contributed by atoms with Gasteiger partial charge in [-0.25, -0.2) is 9.18 Å². The monoisotopic (exact) mass is 387 g/mol. The summed E-state index contributed by atoms with van der Waals surface area (Å²) in [4.78, 5) is 29.2. The van der Waals surface area contributed by atoms with Gasteiger partial charge in [-0.05, 0) is 30.7 Å². The van der Waals surface area contributed by atoms with Crippen molar-refractivity contribution in [2.75, 3.05) is 6.54 Å². The summed E-state index contributed by atoms with van der Waals surface area (Å²) in [5.74, 6) is -2.03. The Morgan fingerprint density at radius 2 is 1.96 bits per heavy atom. The fourth-order valence-electron chi connectivity index (χ4n) is 3.43. The number of nitrogens with one attached hydrogen (secondary N) is 3. The number of aromatic carboxylic acids is 1. The molecular formula is C20H22FN3O4. The van der Waals surface area contributed by atoms with Gasteiger partial charge >= 0.3 is 5.97 Å². The number of halogens is 1. The molecule has 3 rings (SSSR count). The van der Waals surface area contributed by atoms with E-state index >= 15 is 0 Å². The zero-order valence-corrected chi connectivity index (χ0v) is 15.6. The summed E-state index contributed by atoms with van der Waals surface area (Å²) in [6.07, 6.45) is 0.311. The van der Waals surface area contributed by atoms with Crippen LogP contribution in [0.5, 0.6) is 5.75 Å². The van der Waals surface area contributed by atoms with E-state index in [2.05, 4.69) is 15.3 Å². The number of rotatable bonds is 7. The third kappa shape index (κ3) is 3.27. The van der Waals surface area contributed by atoms with Crippen LogP contribution in [0.2, 0.25) is 0 Å². The molecule has 1 aromatic carbocycles. The lowest BCUT2D eigenvalue weighted by Gasteiger charge is -2.12. The number of carbonyl (C=O) groups is 1. The van der Waals surface area contributed by atoms with Gasteiger partial charge in [-0.3, -0.25) is 4.79 Å². The smallest absolute Gasteiger partial charge is 0.345 e. The molecule has 0 aliphatic carbocycles. The molecule has 0 spiro atoms. The van der Waals surface area contributed by atoms with Crippen molar-refractivity contribution in [3.8, 4) is 17.0 Å². The van der Waals surface area contributed by atoms with Gasteiger partial charge < -0.3 is 25.5 Å². The van der Waals surface area contributed by atoms with Crippen molar-refractivity contribution in [1.29, 1.82) is 0 Å². The first-order chi connectivity index (χ1) is 13.4. The first-order valence-electron chi connectivity index (χ1n) is 9.04. The van der Waals surface area contributed by atoms with Gasteiger partial charge in [0.25, 0.3) is 5.56 Å². The highest BCUT2D eigenvalue weighted by molar-refractivity contribution is 5.93. The molecular weight excluding hydrogens is 365 g/mol. The van der Waals surface area contributed by atoms with E-state index in [1.165, 1.54) is 0 Å². The van der Waals surface area contributed by atoms with Crippen molar-refractivity contribution in [3.63, 3.8) is 0 Å². The van der Waals surface area contributed by atoms with Gasteiger partial charge in [-0.15, -0.1) is 0 Å². The standard InChI is InChI=1S/C20H22FN3O4/c1-3-11-17(24-19(26)16(18(11)25)20(27)28)10-5-6-14-12(7-10)13(8-21)15(23-14)9-22-4-2/h5-7,22-23H,3-4,8-9H2,1-2H3,(H,27,28)(H2,24,25,26). The Kier molecular flexibility index (Phi) is 5.51. The average molecular weight is 387 g/mol. The third-order valence-electron chi connectivity index (χ3n) is 4.83. The summed E-state index contributed by atoms with van der Waals surface area (Å²) in [6, 6.07) is 5.25. The van der Waals surface area contributed by atoms with Crippen molar-refractivity contribution >= 4 is 16.9 Å². The van der Waals surface area contributed by atoms with Crippen molar-refractivity contribution in [2.45, 2.75) is 33.5 Å². The number of aromatic amines is 2. The molecule has 0 saturated carbocycles. The molecule has 0 aliphatic rings. The topological polar surface area (TPSA) is 118 Å². The van der Waals surface area contributed by atoms with Crippen molar-refractivity contribution < 1.29 is 19.4 Å². The van der Waals surface area contributed by atoms with Crippen LogP contribution in [0.25, 0.3) is 22.2 Å². The van der Waals surface area contributed by atoms with E-state index in [4.69, 9.17) is 0 Å². The van der Waals surface area contributed by atoms with Crippen molar-refractivity contribution in [1.82, 2.24) is 15.3 Å². The van der Waals surface area contributed by atoms with Gasteiger partial charge in [0.2, 0.25) is 0 Å². The van der Waals surface area contributed by atoms with Crippen LogP contribution >= 0.6 is 0 Å². The number of fused-ring (bicyclic) bond motifs is 1. The predicted octanol–water partition coefficient (Wildman–Crippen LogP) is 3.07. The lowest BCUT2D eigenvalue weighted by atomic mass is 9.99. The Labute approximate surface area is 160 Å². The Bertz CT molecular complexity index is 1100. The molecule has 2 heterocycles. The maximum Gasteiger partial charge on any atom is 0.345 e. The third-order valence-corrected chi connectivity index (χ3v) is 4.83. The van der Waals surface area contributed by atoms with Crippen LogP contribution in [0.3, 0.4) is 0 Å². The molecule has 2 aromatic heterocycles. The summed E-state index contributed by atoms with van der Waals surface area (Å²) in [5, 5.41) is 23.3. The zero-order chi connectivity index (χ0) is 20.4. The summed E-state index contributed by atoms with van der Waals surface area (Å²) in [5.41, 5.74) is 1.70. The maximum absolute atomic E-state index is 13.7. The fraction of sp³-hybridized carbons (Fsp3) is 0.300. The van der Waals surface area contributed by atoms with Crippen LogP contribution in [-0.4, -0.2) is 32.7 Å². The lowest BCUT2D eigenvalue weighted by molar-refractivity contribution is 0.0691. The van der Waals surface area contributed by atoms with E-state index in [-0.39, 0.29) is 0 Å². The molecule has 0 unspecified atom stereocenters. The zero-order valence-electron chi connectivity index (χ0n) is 15.6. The Balaban J connectivity index is 2.22. The summed E-state index contributed by atoms with van der Waals surface area (Å²) in [7, 11) is 0. The maximum atomic E-state index is 13.7. The predicted molar refractivity (Wildman–Crippen MR) is 105 cm³/mol. The fourth-order valence-corrected chi connectivity index (χ4v) is 3.43. The van der Waals surface area contributed by atoms with Gasteiger partial charge in [0.1, 0.15) is 12.4 Å². The summed E-state index contributed by atoms with van der Waals surface area (Å²) < 4.78 is 13.7. The number of hydrogen-bond acceptors (Lipinski definition) is 4. The second-order valence-corrected chi connectivity index (χ2v) is 6.45. The second-order valence-electron chi connectivity index (χ2n) is 6.45. The van der Waals surface area contributed by atoms with Crippen LogP contribution in [-0.2, 0) is 19.6 Å². The number of aromatic hydroxyl groups is 1. The number of benzene rings is 1. The van der Waals surface area contributed by atoms with Gasteiger partial charge in [0.15, 0.2) is 5.56 Å². The van der Waals surface area contributed by atoms with E-state index in [0.29, 0.717) is 40.7 Å². The Morgan fingerprint density at radius 3 is 2.57 bits per heavy atom. The van der Waals surface area contributed by atoms with Gasteiger partial charge in [0.05, 0.1) is 5.69 Å². The number of aromatic nitrogens is 2. The molecule has 0 bridgehead atoms. The normalized spacial score (nSPS) is 11.2. The minimum Gasteiger partial charge on any atom is -0.506 e. The Morgan fingerprint density at radius 1 is 1.21 bits per heavy atom. The van der Waals surface area contributed by atoms with Gasteiger partial charge in [-0.2, -0.15) is 0 Å². The van der Waals surface area contributed by atoms with E-state index in [1.54, 1.807) is 25.1 Å². The van der Waals surface area contributed by atoms with Crippen molar-refractivity contribution in [3.05, 3.63) is 50.9 Å². The average Bonchev–Trinajstić information content (AvgIpc) is 3.02. The molecule has 28 heavy (non-hydrogen) atoms. The molecule has 3 aromatic rings. The highest BCUT2D eigenvalue weighted by Crippen LogP contribution is 2.33.